The van der Waals surface area contributed by atoms with Gasteiger partial charge in [-0.1, -0.05) is 48.5 Å². The lowest BCUT2D eigenvalue weighted by Gasteiger charge is -2.20. The Hall–Kier alpha value is -3.79. The molecule has 0 amide bonds. The van der Waals surface area contributed by atoms with E-state index in [0.29, 0.717) is 0 Å². The van der Waals surface area contributed by atoms with Gasteiger partial charge in [-0.2, -0.15) is 0 Å². The summed E-state index contributed by atoms with van der Waals surface area (Å²) < 4.78 is 11.2. The van der Waals surface area contributed by atoms with Gasteiger partial charge >= 0.3 is 0 Å². The smallest absolute Gasteiger partial charge is 0.214 e. The van der Waals surface area contributed by atoms with Crippen molar-refractivity contribution >= 4 is 0 Å². The molecule has 1 unspecified atom stereocenters. The monoisotopic (exact) mass is 383 g/mol. The Labute approximate surface area is 170 Å². The van der Waals surface area contributed by atoms with Gasteiger partial charge < -0.3 is 14.6 Å². The topological polar surface area (TPSA) is 51.6 Å². The van der Waals surface area contributed by atoms with E-state index in [9.17, 15) is 5.11 Å². The Morgan fingerprint density at radius 3 is 1.86 bits per heavy atom. The van der Waals surface area contributed by atoms with Crippen molar-refractivity contribution < 1.29 is 14.6 Å². The number of pyridine rings is 1. The molecule has 4 rings (SSSR count). The van der Waals surface area contributed by atoms with E-state index in [1.807, 2.05) is 91.0 Å². The zero-order valence-electron chi connectivity index (χ0n) is 16.0. The molecule has 0 saturated heterocycles. The fourth-order valence-corrected chi connectivity index (χ4v) is 3.34. The minimum absolute atomic E-state index is 0.0259. The molecule has 0 bridgehead atoms. The lowest BCUT2D eigenvalue weighted by Crippen LogP contribution is -2.04. The standard InChI is InChI=1S/C25H21NO3/c1-28-20-13-9-18(10-14-20)24(23-8-5-17-26-25(23)27)19-11-15-22(16-12-19)29-21-6-3-2-4-7-21/h2-17,24H,1H3,(H,26,27). The quantitative estimate of drug-likeness (QED) is 0.459. The van der Waals surface area contributed by atoms with E-state index in [2.05, 4.69) is 4.98 Å². The summed E-state index contributed by atoms with van der Waals surface area (Å²) >= 11 is 0. The second-order valence-corrected chi connectivity index (χ2v) is 6.61. The van der Waals surface area contributed by atoms with Crippen LogP contribution >= 0.6 is 0 Å². The van der Waals surface area contributed by atoms with Crippen LogP contribution in [0.1, 0.15) is 22.6 Å². The average Bonchev–Trinajstić information content (AvgIpc) is 2.78. The van der Waals surface area contributed by atoms with Crippen molar-refractivity contribution in [1.29, 1.82) is 0 Å². The molecule has 4 aromatic rings. The Morgan fingerprint density at radius 2 is 1.28 bits per heavy atom. The largest absolute Gasteiger partial charge is 0.497 e. The van der Waals surface area contributed by atoms with Crippen molar-refractivity contribution in [3.05, 3.63) is 114 Å². The van der Waals surface area contributed by atoms with Crippen LogP contribution in [0.25, 0.3) is 0 Å². The molecule has 1 aromatic heterocycles. The highest BCUT2D eigenvalue weighted by molar-refractivity contribution is 5.48. The maximum absolute atomic E-state index is 10.4. The number of aromatic hydroxyl groups is 1. The highest BCUT2D eigenvalue weighted by atomic mass is 16.5. The number of benzene rings is 3. The average molecular weight is 383 g/mol. The lowest BCUT2D eigenvalue weighted by molar-refractivity contribution is 0.414. The molecule has 0 fully saturated rings. The lowest BCUT2D eigenvalue weighted by atomic mass is 9.85. The third-order valence-corrected chi connectivity index (χ3v) is 4.77. The van der Waals surface area contributed by atoms with E-state index in [1.165, 1.54) is 0 Å². The SMILES string of the molecule is COc1ccc(C(c2ccc(Oc3ccccc3)cc2)c2cccnc2O)cc1. The first-order valence-electron chi connectivity index (χ1n) is 9.35. The first kappa shape index (κ1) is 18.6. The molecule has 1 atom stereocenters. The van der Waals surface area contributed by atoms with Crippen LogP contribution in [-0.2, 0) is 0 Å². The Kier molecular flexibility index (Phi) is 5.43. The fraction of sp³-hybridized carbons (Fsp3) is 0.0800. The Morgan fingerprint density at radius 1 is 0.690 bits per heavy atom. The molecule has 4 nitrogen and oxygen atoms in total. The van der Waals surface area contributed by atoms with Gasteiger partial charge in [0.05, 0.1) is 7.11 Å². The van der Waals surface area contributed by atoms with Crippen molar-refractivity contribution in [2.24, 2.45) is 0 Å². The maximum atomic E-state index is 10.4. The minimum Gasteiger partial charge on any atom is -0.497 e. The van der Waals surface area contributed by atoms with Gasteiger partial charge in [0.1, 0.15) is 17.2 Å². The van der Waals surface area contributed by atoms with Crippen LogP contribution in [0.3, 0.4) is 0 Å². The number of aromatic nitrogens is 1. The predicted octanol–water partition coefficient (Wildman–Crippen LogP) is 5.77. The summed E-state index contributed by atoms with van der Waals surface area (Å²) in [6, 6.07) is 29.1. The van der Waals surface area contributed by atoms with Gasteiger partial charge in [0.2, 0.25) is 5.88 Å². The maximum Gasteiger partial charge on any atom is 0.214 e. The molecule has 144 valence electrons. The number of methoxy groups -OCH3 is 1. The van der Waals surface area contributed by atoms with Crippen molar-refractivity contribution in [2.75, 3.05) is 7.11 Å². The number of ether oxygens (including phenoxy) is 2. The van der Waals surface area contributed by atoms with Gasteiger partial charge in [0, 0.05) is 17.7 Å². The second kappa shape index (κ2) is 8.48. The Bertz CT molecular complexity index is 1060. The number of rotatable bonds is 6. The molecule has 0 aliphatic rings. The summed E-state index contributed by atoms with van der Waals surface area (Å²) in [6.07, 6.45) is 1.58. The molecule has 1 N–H and O–H groups in total. The molecule has 29 heavy (non-hydrogen) atoms. The molecule has 0 aliphatic carbocycles. The van der Waals surface area contributed by atoms with E-state index in [0.717, 1.165) is 33.9 Å². The Balaban J connectivity index is 1.70. The molecule has 3 aromatic carbocycles. The third kappa shape index (κ3) is 4.22. The van der Waals surface area contributed by atoms with Gasteiger partial charge in [-0.3, -0.25) is 0 Å². The van der Waals surface area contributed by atoms with Gasteiger partial charge in [0.25, 0.3) is 0 Å². The minimum atomic E-state index is -0.166. The highest BCUT2D eigenvalue weighted by Gasteiger charge is 2.20. The molecule has 4 heteroatoms. The van der Waals surface area contributed by atoms with Crippen LogP contribution < -0.4 is 9.47 Å². The van der Waals surface area contributed by atoms with Crippen LogP contribution in [0.4, 0.5) is 0 Å². The normalized spacial score (nSPS) is 11.6. The van der Waals surface area contributed by atoms with Gasteiger partial charge in [0.15, 0.2) is 0 Å². The van der Waals surface area contributed by atoms with Crippen LogP contribution in [0.5, 0.6) is 23.1 Å². The molecule has 1 heterocycles. The van der Waals surface area contributed by atoms with Crippen LogP contribution in [0, 0.1) is 0 Å². The zero-order valence-corrected chi connectivity index (χ0v) is 16.0. The number of hydrogen-bond acceptors (Lipinski definition) is 4. The first-order valence-corrected chi connectivity index (χ1v) is 9.35. The molecule has 0 radical (unpaired) electrons. The first-order chi connectivity index (χ1) is 14.2. The third-order valence-electron chi connectivity index (χ3n) is 4.77. The zero-order chi connectivity index (χ0) is 20.1. The summed E-state index contributed by atoms with van der Waals surface area (Å²) in [5.41, 5.74) is 2.80. The van der Waals surface area contributed by atoms with Crippen molar-refractivity contribution in [3.63, 3.8) is 0 Å². The van der Waals surface area contributed by atoms with Gasteiger partial charge in [-0.15, -0.1) is 0 Å². The summed E-state index contributed by atoms with van der Waals surface area (Å²) in [7, 11) is 1.64. The molecule has 0 saturated carbocycles. The second-order valence-electron chi connectivity index (χ2n) is 6.61. The van der Waals surface area contributed by atoms with Crippen molar-refractivity contribution in [1.82, 2.24) is 4.98 Å². The molecule has 0 aliphatic heterocycles. The highest BCUT2D eigenvalue weighted by Crippen LogP contribution is 2.37. The van der Waals surface area contributed by atoms with Crippen molar-refractivity contribution in [3.8, 4) is 23.1 Å². The van der Waals surface area contributed by atoms with E-state index >= 15 is 0 Å². The molecular weight excluding hydrogens is 362 g/mol. The van der Waals surface area contributed by atoms with Crippen molar-refractivity contribution in [2.45, 2.75) is 5.92 Å². The van der Waals surface area contributed by atoms with E-state index in [-0.39, 0.29) is 11.8 Å². The molecular formula is C25H21NO3. The van der Waals surface area contributed by atoms with Crippen LogP contribution in [-0.4, -0.2) is 17.2 Å². The number of nitrogens with zero attached hydrogens (tertiary/aromatic N) is 1. The van der Waals surface area contributed by atoms with E-state index in [1.54, 1.807) is 13.3 Å². The van der Waals surface area contributed by atoms with E-state index in [4.69, 9.17) is 9.47 Å². The number of para-hydroxylation sites is 1. The molecule has 0 spiro atoms. The van der Waals surface area contributed by atoms with Crippen LogP contribution in [0.2, 0.25) is 0 Å². The predicted molar refractivity (Wildman–Crippen MR) is 113 cm³/mol. The van der Waals surface area contributed by atoms with Gasteiger partial charge in [-0.25, -0.2) is 4.98 Å². The van der Waals surface area contributed by atoms with E-state index < -0.39 is 0 Å². The summed E-state index contributed by atoms with van der Waals surface area (Å²) in [5, 5.41) is 10.4. The number of hydrogen-bond donors (Lipinski definition) is 1. The summed E-state index contributed by atoms with van der Waals surface area (Å²) in [5.74, 6) is 2.19. The van der Waals surface area contributed by atoms with Crippen LogP contribution in [0.15, 0.2) is 97.2 Å². The fourth-order valence-electron chi connectivity index (χ4n) is 3.34. The summed E-state index contributed by atoms with van der Waals surface area (Å²) in [4.78, 5) is 4.06. The van der Waals surface area contributed by atoms with Gasteiger partial charge in [-0.05, 0) is 53.6 Å². The summed E-state index contributed by atoms with van der Waals surface area (Å²) in [6.45, 7) is 0.